The lowest BCUT2D eigenvalue weighted by molar-refractivity contribution is -0.128. The van der Waals surface area contributed by atoms with Gasteiger partial charge in [-0.05, 0) is 54.8 Å². The summed E-state index contributed by atoms with van der Waals surface area (Å²) in [5.41, 5.74) is 2.15. The third kappa shape index (κ3) is 5.36. The van der Waals surface area contributed by atoms with Crippen LogP contribution in [0.3, 0.4) is 0 Å². The molecule has 35 heavy (non-hydrogen) atoms. The van der Waals surface area contributed by atoms with Gasteiger partial charge in [0.2, 0.25) is 5.91 Å². The van der Waals surface area contributed by atoms with E-state index < -0.39 is 0 Å². The van der Waals surface area contributed by atoms with Crippen molar-refractivity contribution in [3.63, 3.8) is 0 Å². The molecule has 3 heterocycles. The fraction of sp³-hybridized carbons (Fsp3) is 0.269. The zero-order valence-electron chi connectivity index (χ0n) is 19.5. The van der Waals surface area contributed by atoms with E-state index in [4.69, 9.17) is 4.74 Å². The Labute approximate surface area is 213 Å². The van der Waals surface area contributed by atoms with Crippen LogP contribution in [0.25, 0.3) is 16.4 Å². The summed E-state index contributed by atoms with van der Waals surface area (Å²) < 4.78 is 7.62. The number of anilines is 1. The highest BCUT2D eigenvalue weighted by Crippen LogP contribution is 2.31. The molecule has 9 heteroatoms. The zero-order valence-corrected chi connectivity index (χ0v) is 21.2. The number of benzene rings is 2. The topological polar surface area (TPSA) is 63.5 Å². The monoisotopic (exact) mass is 505 g/mol. The number of thioether (sulfide) groups is 1. The summed E-state index contributed by atoms with van der Waals surface area (Å²) in [7, 11) is 0. The van der Waals surface area contributed by atoms with Gasteiger partial charge in [-0.2, -0.15) is 0 Å². The number of piperazine rings is 1. The van der Waals surface area contributed by atoms with E-state index in [2.05, 4.69) is 39.4 Å². The second kappa shape index (κ2) is 11.0. The molecule has 1 aliphatic rings. The van der Waals surface area contributed by atoms with E-state index in [1.807, 2.05) is 64.2 Å². The Morgan fingerprint density at radius 1 is 0.943 bits per heavy atom. The van der Waals surface area contributed by atoms with Crippen LogP contribution in [-0.2, 0) is 4.79 Å². The van der Waals surface area contributed by atoms with Crippen molar-refractivity contribution in [3.05, 3.63) is 72.1 Å². The normalized spacial score (nSPS) is 13.7. The van der Waals surface area contributed by atoms with Crippen molar-refractivity contribution in [1.82, 2.24) is 19.7 Å². The van der Waals surface area contributed by atoms with Crippen molar-refractivity contribution in [3.8, 4) is 22.1 Å². The van der Waals surface area contributed by atoms with Gasteiger partial charge in [0.15, 0.2) is 11.0 Å². The van der Waals surface area contributed by atoms with Gasteiger partial charge < -0.3 is 14.5 Å². The molecule has 0 saturated carbocycles. The summed E-state index contributed by atoms with van der Waals surface area (Å²) >= 11 is 3.05. The average molecular weight is 506 g/mol. The molecule has 1 fully saturated rings. The predicted octanol–water partition coefficient (Wildman–Crippen LogP) is 4.84. The molecular weight excluding hydrogens is 478 g/mol. The summed E-state index contributed by atoms with van der Waals surface area (Å²) in [4.78, 5) is 18.3. The number of carbonyl (C=O) groups is 1. The van der Waals surface area contributed by atoms with Crippen molar-refractivity contribution in [2.45, 2.75) is 12.1 Å². The molecule has 1 saturated heterocycles. The summed E-state index contributed by atoms with van der Waals surface area (Å²) in [5, 5.41) is 11.6. The molecular formula is C26H27N5O2S2. The Hall–Kier alpha value is -3.30. The first-order valence-electron chi connectivity index (χ1n) is 11.7. The van der Waals surface area contributed by atoms with Crippen LogP contribution in [-0.4, -0.2) is 64.1 Å². The molecule has 0 radical (unpaired) electrons. The summed E-state index contributed by atoms with van der Waals surface area (Å²) in [6.45, 7) is 5.71. The minimum absolute atomic E-state index is 0.127. The standard InChI is InChI=1S/C26H27N5O2S2/c1-2-33-22-12-10-21(11-13-22)31-25(23-9-6-18-34-23)27-28-26(31)35-19-24(32)30-16-14-29(15-17-30)20-7-4-3-5-8-20/h3-13,18H,2,14-17,19H2,1H3. The molecule has 0 N–H and O–H groups in total. The maximum Gasteiger partial charge on any atom is 0.233 e. The number of hydrogen-bond donors (Lipinski definition) is 0. The molecule has 0 unspecified atom stereocenters. The molecule has 0 atom stereocenters. The highest BCUT2D eigenvalue weighted by Gasteiger charge is 2.23. The van der Waals surface area contributed by atoms with Gasteiger partial charge in [-0.15, -0.1) is 21.5 Å². The molecule has 2 aromatic heterocycles. The third-order valence-electron chi connectivity index (χ3n) is 5.86. The zero-order chi connectivity index (χ0) is 24.0. The molecule has 0 aliphatic carbocycles. The van der Waals surface area contributed by atoms with Crippen LogP contribution >= 0.6 is 23.1 Å². The lowest BCUT2D eigenvalue weighted by atomic mass is 10.2. The quantitative estimate of drug-likeness (QED) is 0.320. The minimum atomic E-state index is 0.127. The van der Waals surface area contributed by atoms with E-state index in [0.29, 0.717) is 17.5 Å². The van der Waals surface area contributed by atoms with E-state index in [1.54, 1.807) is 11.3 Å². The molecule has 0 bridgehead atoms. The van der Waals surface area contributed by atoms with E-state index in [0.717, 1.165) is 48.3 Å². The number of ether oxygens (including phenoxy) is 1. The van der Waals surface area contributed by atoms with E-state index >= 15 is 0 Å². The number of nitrogens with zero attached hydrogens (tertiary/aromatic N) is 5. The molecule has 4 aromatic rings. The highest BCUT2D eigenvalue weighted by atomic mass is 32.2. The van der Waals surface area contributed by atoms with Crippen LogP contribution in [0.5, 0.6) is 5.75 Å². The van der Waals surface area contributed by atoms with Gasteiger partial charge in [0.25, 0.3) is 0 Å². The number of thiophene rings is 1. The first-order chi connectivity index (χ1) is 17.2. The van der Waals surface area contributed by atoms with Crippen LogP contribution in [0.2, 0.25) is 0 Å². The van der Waals surface area contributed by atoms with Crippen LogP contribution < -0.4 is 9.64 Å². The van der Waals surface area contributed by atoms with Gasteiger partial charge in [0.1, 0.15) is 5.75 Å². The molecule has 5 rings (SSSR count). The van der Waals surface area contributed by atoms with Gasteiger partial charge in [0, 0.05) is 31.9 Å². The third-order valence-corrected chi connectivity index (χ3v) is 7.64. The second-order valence-electron chi connectivity index (χ2n) is 8.04. The Kier molecular flexibility index (Phi) is 7.34. The van der Waals surface area contributed by atoms with E-state index in [9.17, 15) is 4.79 Å². The SMILES string of the molecule is CCOc1ccc(-n2c(SCC(=O)N3CCN(c4ccccc4)CC3)nnc2-c2cccs2)cc1. The number of aromatic nitrogens is 3. The minimum Gasteiger partial charge on any atom is -0.494 e. The smallest absolute Gasteiger partial charge is 0.233 e. The van der Waals surface area contributed by atoms with Gasteiger partial charge in [-0.3, -0.25) is 9.36 Å². The Bertz CT molecular complexity index is 1230. The fourth-order valence-electron chi connectivity index (χ4n) is 4.09. The molecule has 7 nitrogen and oxygen atoms in total. The maximum absolute atomic E-state index is 13.0. The predicted molar refractivity (Wildman–Crippen MR) is 142 cm³/mol. The number of hydrogen-bond acceptors (Lipinski definition) is 7. The van der Waals surface area contributed by atoms with Crippen molar-refractivity contribution < 1.29 is 9.53 Å². The van der Waals surface area contributed by atoms with Gasteiger partial charge in [-0.1, -0.05) is 36.0 Å². The summed E-state index contributed by atoms with van der Waals surface area (Å²) in [6.07, 6.45) is 0. The van der Waals surface area contributed by atoms with Crippen molar-refractivity contribution in [2.24, 2.45) is 0 Å². The maximum atomic E-state index is 13.0. The Balaban J connectivity index is 1.28. The Morgan fingerprint density at radius 2 is 1.71 bits per heavy atom. The lowest BCUT2D eigenvalue weighted by Gasteiger charge is -2.36. The van der Waals surface area contributed by atoms with Crippen molar-refractivity contribution in [1.29, 1.82) is 0 Å². The second-order valence-corrected chi connectivity index (χ2v) is 9.93. The number of carbonyl (C=O) groups excluding carboxylic acids is 1. The van der Waals surface area contributed by atoms with Crippen molar-refractivity contribution in [2.75, 3.05) is 43.4 Å². The average Bonchev–Trinajstić information content (AvgIpc) is 3.59. The van der Waals surface area contributed by atoms with Gasteiger partial charge in [-0.25, -0.2) is 0 Å². The van der Waals surface area contributed by atoms with E-state index in [1.165, 1.54) is 17.4 Å². The molecule has 0 spiro atoms. The number of rotatable bonds is 8. The molecule has 1 aliphatic heterocycles. The summed E-state index contributed by atoms with van der Waals surface area (Å²) in [5.74, 6) is 2.04. The number of para-hydroxylation sites is 1. The van der Waals surface area contributed by atoms with Crippen LogP contribution in [0.15, 0.2) is 77.3 Å². The number of amides is 1. The molecule has 2 aromatic carbocycles. The summed E-state index contributed by atoms with van der Waals surface area (Å²) in [6, 6.07) is 22.3. The van der Waals surface area contributed by atoms with Crippen LogP contribution in [0, 0.1) is 0 Å². The van der Waals surface area contributed by atoms with E-state index in [-0.39, 0.29) is 5.91 Å². The van der Waals surface area contributed by atoms with Crippen LogP contribution in [0.1, 0.15) is 6.92 Å². The largest absolute Gasteiger partial charge is 0.494 e. The van der Waals surface area contributed by atoms with Crippen molar-refractivity contribution >= 4 is 34.7 Å². The fourth-order valence-corrected chi connectivity index (χ4v) is 5.64. The Morgan fingerprint density at radius 3 is 2.40 bits per heavy atom. The lowest BCUT2D eigenvalue weighted by Crippen LogP contribution is -2.49. The first-order valence-corrected chi connectivity index (χ1v) is 13.5. The highest BCUT2D eigenvalue weighted by molar-refractivity contribution is 7.99. The molecule has 180 valence electrons. The van der Waals surface area contributed by atoms with Gasteiger partial charge in [0.05, 0.1) is 22.9 Å². The first kappa shape index (κ1) is 23.4. The van der Waals surface area contributed by atoms with Gasteiger partial charge >= 0.3 is 0 Å². The molecule has 1 amide bonds. The van der Waals surface area contributed by atoms with Crippen LogP contribution in [0.4, 0.5) is 5.69 Å².